The molecule has 0 aliphatic carbocycles. The molecule has 102 valence electrons. The lowest BCUT2D eigenvalue weighted by Gasteiger charge is -2.09. The van der Waals surface area contributed by atoms with Gasteiger partial charge in [-0.05, 0) is 24.3 Å². The molecule has 2 rings (SSSR count). The summed E-state index contributed by atoms with van der Waals surface area (Å²) in [5.74, 6) is -0.702. The number of benzene rings is 2. The van der Waals surface area contributed by atoms with Crippen molar-refractivity contribution in [2.75, 3.05) is 0 Å². The van der Waals surface area contributed by atoms with Crippen molar-refractivity contribution in [3.05, 3.63) is 59.7 Å². The van der Waals surface area contributed by atoms with Crippen LogP contribution in [0.5, 0.6) is 11.5 Å². The van der Waals surface area contributed by atoms with Gasteiger partial charge in [0.15, 0.2) is 5.78 Å². The van der Waals surface area contributed by atoms with Gasteiger partial charge >= 0.3 is 5.97 Å². The molecule has 0 aliphatic heterocycles. The van der Waals surface area contributed by atoms with Crippen LogP contribution in [-0.4, -0.2) is 16.9 Å². The number of hydrogen-bond donors (Lipinski definition) is 1. The van der Waals surface area contributed by atoms with Crippen LogP contribution < -0.4 is 4.74 Å². The van der Waals surface area contributed by atoms with Gasteiger partial charge in [-0.25, -0.2) is 0 Å². The zero-order valence-electron chi connectivity index (χ0n) is 11.0. The Kier molecular flexibility index (Phi) is 4.15. The van der Waals surface area contributed by atoms with Gasteiger partial charge < -0.3 is 9.84 Å². The molecule has 20 heavy (non-hydrogen) atoms. The Morgan fingerprint density at radius 3 is 2.25 bits per heavy atom. The molecule has 0 heterocycles. The van der Waals surface area contributed by atoms with Crippen LogP contribution in [0.2, 0.25) is 0 Å². The Morgan fingerprint density at radius 1 is 1.00 bits per heavy atom. The number of para-hydroxylation sites is 2. The SMILES string of the molecule is CCC(=O)Oc1ccccc1C(=O)c1ccccc1O. The molecule has 0 aliphatic rings. The summed E-state index contributed by atoms with van der Waals surface area (Å²) in [6.45, 7) is 1.68. The van der Waals surface area contributed by atoms with Crippen molar-refractivity contribution in [1.29, 1.82) is 0 Å². The summed E-state index contributed by atoms with van der Waals surface area (Å²) < 4.78 is 5.14. The average Bonchev–Trinajstić information content (AvgIpc) is 2.47. The number of carbonyl (C=O) groups excluding carboxylic acids is 2. The predicted octanol–water partition coefficient (Wildman–Crippen LogP) is 2.94. The zero-order valence-corrected chi connectivity index (χ0v) is 11.0. The Bertz CT molecular complexity index is 646. The smallest absolute Gasteiger partial charge is 0.310 e. The van der Waals surface area contributed by atoms with E-state index in [1.807, 2.05) is 0 Å². The van der Waals surface area contributed by atoms with E-state index in [2.05, 4.69) is 0 Å². The fourth-order valence-corrected chi connectivity index (χ4v) is 1.75. The quantitative estimate of drug-likeness (QED) is 0.527. The first kappa shape index (κ1) is 13.8. The van der Waals surface area contributed by atoms with Crippen LogP contribution >= 0.6 is 0 Å². The van der Waals surface area contributed by atoms with Crippen molar-refractivity contribution >= 4 is 11.8 Å². The van der Waals surface area contributed by atoms with Gasteiger partial charge in [-0.1, -0.05) is 31.2 Å². The third-order valence-corrected chi connectivity index (χ3v) is 2.79. The van der Waals surface area contributed by atoms with Crippen LogP contribution in [-0.2, 0) is 4.79 Å². The van der Waals surface area contributed by atoms with Crippen molar-refractivity contribution in [3.63, 3.8) is 0 Å². The second-order valence-electron chi connectivity index (χ2n) is 4.17. The van der Waals surface area contributed by atoms with Gasteiger partial charge in [-0.2, -0.15) is 0 Å². The van der Waals surface area contributed by atoms with E-state index in [-0.39, 0.29) is 34.8 Å². The van der Waals surface area contributed by atoms with Crippen molar-refractivity contribution in [2.45, 2.75) is 13.3 Å². The predicted molar refractivity (Wildman–Crippen MR) is 73.9 cm³/mol. The maximum Gasteiger partial charge on any atom is 0.310 e. The highest BCUT2D eigenvalue weighted by Crippen LogP contribution is 2.25. The molecule has 2 aromatic carbocycles. The zero-order chi connectivity index (χ0) is 14.5. The molecule has 0 unspecified atom stereocenters. The van der Waals surface area contributed by atoms with E-state index in [4.69, 9.17) is 4.74 Å². The summed E-state index contributed by atoms with van der Waals surface area (Å²) >= 11 is 0. The molecule has 0 saturated heterocycles. The lowest BCUT2D eigenvalue weighted by Crippen LogP contribution is -2.10. The summed E-state index contributed by atoms with van der Waals surface area (Å²) in [7, 11) is 0. The van der Waals surface area contributed by atoms with Crippen LogP contribution in [0.25, 0.3) is 0 Å². The lowest BCUT2D eigenvalue weighted by molar-refractivity contribution is -0.134. The van der Waals surface area contributed by atoms with Crippen molar-refractivity contribution in [2.24, 2.45) is 0 Å². The second kappa shape index (κ2) is 6.02. The summed E-state index contributed by atoms with van der Waals surface area (Å²) in [5, 5.41) is 9.73. The number of ether oxygens (including phenoxy) is 1. The molecular formula is C16H14O4. The molecule has 0 spiro atoms. The van der Waals surface area contributed by atoms with Crippen LogP contribution in [0.1, 0.15) is 29.3 Å². The van der Waals surface area contributed by atoms with E-state index in [0.29, 0.717) is 0 Å². The van der Waals surface area contributed by atoms with E-state index >= 15 is 0 Å². The number of esters is 1. The molecule has 0 fully saturated rings. The maximum absolute atomic E-state index is 12.4. The summed E-state index contributed by atoms with van der Waals surface area (Å²) in [5.41, 5.74) is 0.420. The lowest BCUT2D eigenvalue weighted by atomic mass is 10.0. The molecule has 0 radical (unpaired) electrons. The number of hydrogen-bond acceptors (Lipinski definition) is 4. The minimum atomic E-state index is -0.414. The third-order valence-electron chi connectivity index (χ3n) is 2.79. The first-order valence-corrected chi connectivity index (χ1v) is 6.26. The number of phenols is 1. The molecule has 4 heteroatoms. The molecule has 0 bridgehead atoms. The molecular weight excluding hydrogens is 256 g/mol. The molecule has 2 aromatic rings. The van der Waals surface area contributed by atoms with Gasteiger partial charge in [0.2, 0.25) is 0 Å². The molecule has 0 atom stereocenters. The standard InChI is InChI=1S/C16H14O4/c1-2-15(18)20-14-10-6-4-8-12(14)16(19)11-7-3-5-9-13(11)17/h3-10,17H,2H2,1H3. The number of phenolic OH excluding ortho intramolecular Hbond substituents is 1. The van der Waals surface area contributed by atoms with Gasteiger partial charge in [-0.3, -0.25) is 9.59 Å². The Labute approximate surface area is 116 Å². The van der Waals surface area contributed by atoms with Gasteiger partial charge in [0.1, 0.15) is 11.5 Å². The minimum absolute atomic E-state index is 0.103. The molecule has 0 amide bonds. The molecule has 0 aromatic heterocycles. The largest absolute Gasteiger partial charge is 0.507 e. The van der Waals surface area contributed by atoms with Gasteiger partial charge in [0, 0.05) is 6.42 Å². The number of ketones is 1. The van der Waals surface area contributed by atoms with E-state index in [1.165, 1.54) is 12.1 Å². The monoisotopic (exact) mass is 270 g/mol. The number of carbonyl (C=O) groups is 2. The summed E-state index contributed by atoms with van der Waals surface area (Å²) in [6.07, 6.45) is 0.221. The van der Waals surface area contributed by atoms with Crippen LogP contribution in [0.4, 0.5) is 0 Å². The van der Waals surface area contributed by atoms with Crippen LogP contribution in [0, 0.1) is 0 Å². The van der Waals surface area contributed by atoms with Crippen molar-refractivity contribution in [1.82, 2.24) is 0 Å². The topological polar surface area (TPSA) is 63.6 Å². The Hall–Kier alpha value is -2.62. The van der Waals surface area contributed by atoms with Crippen molar-refractivity contribution < 1.29 is 19.4 Å². The third kappa shape index (κ3) is 2.85. The highest BCUT2D eigenvalue weighted by Gasteiger charge is 2.18. The fourth-order valence-electron chi connectivity index (χ4n) is 1.75. The first-order chi connectivity index (χ1) is 9.63. The first-order valence-electron chi connectivity index (χ1n) is 6.26. The fraction of sp³-hybridized carbons (Fsp3) is 0.125. The average molecular weight is 270 g/mol. The van der Waals surface area contributed by atoms with Gasteiger partial charge in [0.25, 0.3) is 0 Å². The maximum atomic E-state index is 12.4. The molecule has 4 nitrogen and oxygen atoms in total. The normalized spacial score (nSPS) is 10.1. The Morgan fingerprint density at radius 2 is 1.60 bits per heavy atom. The van der Waals surface area contributed by atoms with E-state index in [9.17, 15) is 14.7 Å². The summed E-state index contributed by atoms with van der Waals surface area (Å²) in [6, 6.07) is 12.7. The second-order valence-corrected chi connectivity index (χ2v) is 4.17. The highest BCUT2D eigenvalue weighted by molar-refractivity contribution is 6.12. The van der Waals surface area contributed by atoms with Crippen LogP contribution in [0.15, 0.2) is 48.5 Å². The Balaban J connectivity index is 2.40. The van der Waals surface area contributed by atoms with Gasteiger partial charge in [0.05, 0.1) is 11.1 Å². The molecule has 0 saturated carbocycles. The van der Waals surface area contributed by atoms with Gasteiger partial charge in [-0.15, -0.1) is 0 Å². The minimum Gasteiger partial charge on any atom is -0.507 e. The molecule has 1 N–H and O–H groups in total. The highest BCUT2D eigenvalue weighted by atomic mass is 16.5. The summed E-state index contributed by atoms with van der Waals surface area (Å²) in [4.78, 5) is 23.8. The van der Waals surface area contributed by atoms with E-state index in [1.54, 1.807) is 43.3 Å². The number of aromatic hydroxyl groups is 1. The van der Waals surface area contributed by atoms with Crippen molar-refractivity contribution in [3.8, 4) is 11.5 Å². The number of rotatable bonds is 4. The van der Waals surface area contributed by atoms with E-state index < -0.39 is 5.97 Å². The van der Waals surface area contributed by atoms with E-state index in [0.717, 1.165) is 0 Å². The van der Waals surface area contributed by atoms with Crippen LogP contribution in [0.3, 0.4) is 0 Å².